The van der Waals surface area contributed by atoms with E-state index < -0.39 is 15.9 Å². The summed E-state index contributed by atoms with van der Waals surface area (Å²) in [6.45, 7) is 0.247. The van der Waals surface area contributed by atoms with E-state index in [2.05, 4.69) is 20.0 Å². The minimum Gasteiger partial charge on any atom is -0.506 e. The number of aromatic amines is 1. The molecule has 0 unspecified atom stereocenters. The van der Waals surface area contributed by atoms with Crippen molar-refractivity contribution in [2.75, 3.05) is 11.9 Å². The van der Waals surface area contributed by atoms with Crippen molar-refractivity contribution in [2.24, 2.45) is 0 Å². The number of hydrogen-bond acceptors (Lipinski definition) is 6. The molecule has 1 amide bonds. The number of nitrogens with zero attached hydrogens (tertiary/aromatic N) is 1. The van der Waals surface area contributed by atoms with Gasteiger partial charge in [-0.05, 0) is 65.9 Å². The number of thiophene rings is 1. The fourth-order valence-corrected chi connectivity index (χ4v) is 6.41. The van der Waals surface area contributed by atoms with Crippen molar-refractivity contribution in [2.45, 2.75) is 10.6 Å². The van der Waals surface area contributed by atoms with E-state index in [1.54, 1.807) is 47.8 Å². The number of benzene rings is 3. The molecule has 2 aromatic heterocycles. The molecule has 0 aliphatic heterocycles. The SMILES string of the molecule is O=C(Nc1ccc(CCNS(=O)(=O)c2cccs2)cc1)c1ccc(O)c2[nH]c(-c3ccc(Cl)cc3Cl)nc12. The molecule has 8 nitrogen and oxygen atoms in total. The fraction of sp³-hybridized carbons (Fsp3) is 0.0769. The third-order valence-electron chi connectivity index (χ3n) is 5.73. The smallest absolute Gasteiger partial charge is 0.257 e. The van der Waals surface area contributed by atoms with Crippen LogP contribution in [0.5, 0.6) is 5.75 Å². The molecule has 0 spiro atoms. The molecule has 0 radical (unpaired) electrons. The van der Waals surface area contributed by atoms with Gasteiger partial charge in [0.1, 0.15) is 26.8 Å². The molecule has 3 aromatic carbocycles. The first kappa shape index (κ1) is 26.2. The Bertz CT molecular complexity index is 1740. The number of fused-ring (bicyclic) bond motifs is 1. The number of aromatic hydroxyl groups is 1. The maximum atomic E-state index is 13.1. The van der Waals surface area contributed by atoms with Crippen LogP contribution in [0.2, 0.25) is 10.0 Å². The van der Waals surface area contributed by atoms with Crippen molar-refractivity contribution in [1.82, 2.24) is 14.7 Å². The van der Waals surface area contributed by atoms with Gasteiger partial charge in [0.25, 0.3) is 5.91 Å². The summed E-state index contributed by atoms with van der Waals surface area (Å²) in [5, 5.41) is 15.7. The van der Waals surface area contributed by atoms with Gasteiger partial charge < -0.3 is 15.4 Å². The minimum absolute atomic E-state index is 0.0561. The number of halogens is 2. The number of H-pyrrole nitrogens is 1. The van der Waals surface area contributed by atoms with E-state index in [0.717, 1.165) is 16.9 Å². The molecule has 5 aromatic rings. The second-order valence-electron chi connectivity index (χ2n) is 8.30. The number of hydrogen-bond donors (Lipinski definition) is 4. The average Bonchev–Trinajstić information content (AvgIpc) is 3.57. The number of phenols is 1. The Morgan fingerprint density at radius 2 is 1.84 bits per heavy atom. The summed E-state index contributed by atoms with van der Waals surface area (Å²) in [5.74, 6) is -0.0811. The van der Waals surface area contributed by atoms with Gasteiger partial charge in [0.2, 0.25) is 10.0 Å². The summed E-state index contributed by atoms with van der Waals surface area (Å²) in [6, 6.07) is 18.2. The molecule has 12 heteroatoms. The van der Waals surface area contributed by atoms with Crippen LogP contribution in [-0.4, -0.2) is 35.9 Å². The summed E-state index contributed by atoms with van der Waals surface area (Å²) in [5.41, 5.74) is 2.89. The predicted molar refractivity (Wildman–Crippen MR) is 151 cm³/mol. The minimum atomic E-state index is -3.51. The highest BCUT2D eigenvalue weighted by atomic mass is 35.5. The Kier molecular flexibility index (Phi) is 7.42. The van der Waals surface area contributed by atoms with Crippen molar-refractivity contribution >= 4 is 67.2 Å². The number of rotatable bonds is 8. The van der Waals surface area contributed by atoms with Gasteiger partial charge in [-0.3, -0.25) is 4.79 Å². The van der Waals surface area contributed by atoms with Gasteiger partial charge in [-0.2, -0.15) is 0 Å². The number of imidazole rings is 1. The predicted octanol–water partition coefficient (Wildman–Crippen LogP) is 6.08. The molecule has 38 heavy (non-hydrogen) atoms. The van der Waals surface area contributed by atoms with Crippen LogP contribution in [0.25, 0.3) is 22.4 Å². The largest absolute Gasteiger partial charge is 0.506 e. The van der Waals surface area contributed by atoms with Crippen LogP contribution in [-0.2, 0) is 16.4 Å². The third kappa shape index (κ3) is 5.54. The normalized spacial score (nSPS) is 11.6. The molecule has 4 N–H and O–H groups in total. The van der Waals surface area contributed by atoms with Gasteiger partial charge in [0.05, 0.1) is 10.6 Å². The Labute approximate surface area is 232 Å². The average molecular weight is 588 g/mol. The zero-order valence-corrected chi connectivity index (χ0v) is 22.7. The first-order chi connectivity index (χ1) is 18.2. The van der Waals surface area contributed by atoms with Gasteiger partial charge in [-0.25, -0.2) is 18.1 Å². The monoisotopic (exact) mass is 586 g/mol. The van der Waals surface area contributed by atoms with Crippen molar-refractivity contribution in [3.8, 4) is 17.1 Å². The molecule has 0 saturated heterocycles. The second kappa shape index (κ2) is 10.8. The molecule has 0 aliphatic rings. The van der Waals surface area contributed by atoms with Crippen LogP contribution in [0, 0.1) is 0 Å². The van der Waals surface area contributed by atoms with Gasteiger partial charge in [-0.15, -0.1) is 11.3 Å². The number of carbonyl (C=O) groups excluding carboxylic acids is 1. The Balaban J connectivity index is 1.29. The summed E-state index contributed by atoms with van der Waals surface area (Å²) < 4.78 is 27.3. The first-order valence-corrected chi connectivity index (χ1v) is 14.4. The van der Waals surface area contributed by atoms with Crippen molar-refractivity contribution < 1.29 is 18.3 Å². The highest BCUT2D eigenvalue weighted by molar-refractivity contribution is 7.91. The van der Waals surface area contributed by atoms with E-state index in [4.69, 9.17) is 23.2 Å². The lowest BCUT2D eigenvalue weighted by atomic mass is 10.1. The van der Waals surface area contributed by atoms with Crippen LogP contribution in [0.1, 0.15) is 15.9 Å². The lowest BCUT2D eigenvalue weighted by Crippen LogP contribution is -2.25. The van der Waals surface area contributed by atoms with E-state index >= 15 is 0 Å². The number of anilines is 1. The van der Waals surface area contributed by atoms with Crippen LogP contribution in [0.3, 0.4) is 0 Å². The summed E-state index contributed by atoms with van der Waals surface area (Å²) in [4.78, 5) is 20.7. The van der Waals surface area contributed by atoms with Crippen LogP contribution in [0.4, 0.5) is 5.69 Å². The summed E-state index contributed by atoms with van der Waals surface area (Å²) in [7, 11) is -3.51. The topological polar surface area (TPSA) is 124 Å². The molecule has 0 saturated carbocycles. The number of sulfonamides is 1. The molecular weight excluding hydrogens is 567 g/mol. The van der Waals surface area contributed by atoms with E-state index in [1.165, 1.54) is 12.1 Å². The van der Waals surface area contributed by atoms with Crippen LogP contribution in [0.15, 0.2) is 76.3 Å². The third-order valence-corrected chi connectivity index (χ3v) is 9.14. The Hall–Kier alpha value is -3.41. The second-order valence-corrected chi connectivity index (χ2v) is 12.1. The Morgan fingerprint density at radius 3 is 2.55 bits per heavy atom. The van der Waals surface area contributed by atoms with Gasteiger partial charge in [0.15, 0.2) is 0 Å². The Morgan fingerprint density at radius 1 is 1.05 bits per heavy atom. The molecule has 5 rings (SSSR count). The molecule has 0 fully saturated rings. The van der Waals surface area contributed by atoms with E-state index in [9.17, 15) is 18.3 Å². The molecular formula is C26H20Cl2N4O4S2. The van der Waals surface area contributed by atoms with E-state index in [0.29, 0.717) is 39.1 Å². The zero-order valence-electron chi connectivity index (χ0n) is 19.5. The lowest BCUT2D eigenvalue weighted by molar-refractivity contribution is 0.102. The lowest BCUT2D eigenvalue weighted by Gasteiger charge is -2.08. The van der Waals surface area contributed by atoms with Crippen LogP contribution < -0.4 is 10.0 Å². The molecule has 0 atom stereocenters. The fourth-order valence-electron chi connectivity index (χ4n) is 3.84. The van der Waals surface area contributed by atoms with E-state index in [-0.39, 0.29) is 27.6 Å². The van der Waals surface area contributed by atoms with Gasteiger partial charge in [-0.1, -0.05) is 41.4 Å². The standard InChI is InChI=1S/C26H20Cl2N4O4S2/c27-16-5-8-18(20(28)14-16)25-31-23-19(9-10-21(33)24(23)32-25)26(34)30-17-6-3-15(4-7-17)11-12-29-38(35,36)22-2-1-13-37-22/h1-10,13-14,29,33H,11-12H2,(H,30,34)(H,31,32). The van der Waals surface area contributed by atoms with Gasteiger partial charge in [0, 0.05) is 22.8 Å². The zero-order chi connectivity index (χ0) is 26.9. The summed E-state index contributed by atoms with van der Waals surface area (Å²) in [6.07, 6.45) is 0.487. The summed E-state index contributed by atoms with van der Waals surface area (Å²) >= 11 is 13.5. The number of amides is 1. The van der Waals surface area contributed by atoms with Crippen molar-refractivity contribution in [1.29, 1.82) is 0 Å². The number of carbonyl (C=O) groups is 1. The number of aromatic nitrogens is 2. The van der Waals surface area contributed by atoms with Crippen LogP contribution >= 0.6 is 34.5 Å². The maximum absolute atomic E-state index is 13.1. The van der Waals surface area contributed by atoms with E-state index in [1.807, 2.05) is 12.1 Å². The molecule has 0 aliphatic carbocycles. The molecule has 2 heterocycles. The van der Waals surface area contributed by atoms with Crippen molar-refractivity contribution in [3.63, 3.8) is 0 Å². The quantitative estimate of drug-likeness (QED) is 0.175. The highest BCUT2D eigenvalue weighted by Gasteiger charge is 2.19. The first-order valence-electron chi connectivity index (χ1n) is 11.3. The maximum Gasteiger partial charge on any atom is 0.257 e. The highest BCUT2D eigenvalue weighted by Crippen LogP contribution is 2.33. The number of phenolic OH excluding ortho intramolecular Hbond substituents is 1. The van der Waals surface area contributed by atoms with Gasteiger partial charge >= 0.3 is 0 Å². The molecule has 0 bridgehead atoms. The number of nitrogens with one attached hydrogen (secondary N) is 3. The molecule has 194 valence electrons. The van der Waals surface area contributed by atoms with Crippen molar-refractivity contribution in [3.05, 3.63) is 93.3 Å².